The second kappa shape index (κ2) is 13.4. The summed E-state index contributed by atoms with van der Waals surface area (Å²) in [6.07, 6.45) is 1.36. The molecular weight excluding hydrogens is 268 g/mol. The first kappa shape index (κ1) is 17.5. The van der Waals surface area contributed by atoms with Crippen molar-refractivity contribution < 1.29 is 33.2 Å². The van der Waals surface area contributed by atoms with Gasteiger partial charge in [0, 0.05) is 6.42 Å². The first-order valence-electron chi connectivity index (χ1n) is 6.91. The Morgan fingerprint density at radius 1 is 0.800 bits per heavy atom. The largest absolute Gasteiger partial charge is 0.379 e. The SMILES string of the molecule is O=CCOCCOCCOCCOCCC1OCCO1. The highest BCUT2D eigenvalue weighted by atomic mass is 16.7. The zero-order valence-electron chi connectivity index (χ0n) is 11.8. The molecule has 1 fully saturated rings. The van der Waals surface area contributed by atoms with Crippen molar-refractivity contribution in [2.75, 3.05) is 66.1 Å². The van der Waals surface area contributed by atoms with Gasteiger partial charge < -0.3 is 33.2 Å². The average molecular weight is 292 g/mol. The zero-order valence-corrected chi connectivity index (χ0v) is 11.8. The van der Waals surface area contributed by atoms with E-state index in [2.05, 4.69) is 0 Å². The molecule has 7 heteroatoms. The van der Waals surface area contributed by atoms with Crippen LogP contribution in [0.25, 0.3) is 0 Å². The van der Waals surface area contributed by atoms with Crippen LogP contribution in [0.15, 0.2) is 0 Å². The molecule has 0 amide bonds. The van der Waals surface area contributed by atoms with Crippen LogP contribution in [0.3, 0.4) is 0 Å². The molecule has 7 nitrogen and oxygen atoms in total. The van der Waals surface area contributed by atoms with E-state index in [1.54, 1.807) is 0 Å². The van der Waals surface area contributed by atoms with E-state index in [0.717, 1.165) is 6.42 Å². The molecule has 1 saturated heterocycles. The predicted molar refractivity (Wildman–Crippen MR) is 69.6 cm³/mol. The van der Waals surface area contributed by atoms with Gasteiger partial charge in [-0.15, -0.1) is 0 Å². The number of aldehydes is 1. The highest BCUT2D eigenvalue weighted by molar-refractivity contribution is 5.50. The van der Waals surface area contributed by atoms with Gasteiger partial charge in [0.15, 0.2) is 6.29 Å². The maximum Gasteiger partial charge on any atom is 0.160 e. The van der Waals surface area contributed by atoms with Gasteiger partial charge in [-0.3, -0.25) is 0 Å². The molecule has 0 aromatic rings. The normalized spacial score (nSPS) is 15.8. The fraction of sp³-hybridized carbons (Fsp3) is 0.923. The maximum atomic E-state index is 9.95. The number of rotatable bonds is 14. The molecule has 0 radical (unpaired) electrons. The highest BCUT2D eigenvalue weighted by Gasteiger charge is 2.14. The van der Waals surface area contributed by atoms with Crippen LogP contribution in [0.1, 0.15) is 6.42 Å². The van der Waals surface area contributed by atoms with Crippen molar-refractivity contribution in [2.45, 2.75) is 12.7 Å². The van der Waals surface area contributed by atoms with Crippen LogP contribution >= 0.6 is 0 Å². The summed E-state index contributed by atoms with van der Waals surface area (Å²) in [4.78, 5) is 9.95. The Bertz CT molecular complexity index is 219. The van der Waals surface area contributed by atoms with Gasteiger partial charge >= 0.3 is 0 Å². The Labute approximate surface area is 119 Å². The van der Waals surface area contributed by atoms with Crippen molar-refractivity contribution in [2.24, 2.45) is 0 Å². The van der Waals surface area contributed by atoms with E-state index in [1.807, 2.05) is 0 Å². The van der Waals surface area contributed by atoms with Crippen LogP contribution in [0.4, 0.5) is 0 Å². The van der Waals surface area contributed by atoms with Gasteiger partial charge in [0.25, 0.3) is 0 Å². The molecule has 0 N–H and O–H groups in total. The first-order chi connectivity index (χ1) is 9.93. The topological polar surface area (TPSA) is 72.5 Å². The molecule has 0 unspecified atom stereocenters. The van der Waals surface area contributed by atoms with Gasteiger partial charge in [0.2, 0.25) is 0 Å². The summed E-state index contributed by atoms with van der Waals surface area (Å²) in [5.41, 5.74) is 0. The van der Waals surface area contributed by atoms with Crippen molar-refractivity contribution in [3.8, 4) is 0 Å². The third-order valence-electron chi connectivity index (χ3n) is 2.49. The summed E-state index contributed by atoms with van der Waals surface area (Å²) < 4.78 is 31.4. The lowest BCUT2D eigenvalue weighted by atomic mass is 10.4. The highest BCUT2D eigenvalue weighted by Crippen LogP contribution is 2.07. The summed E-state index contributed by atoms with van der Waals surface area (Å²) in [5.74, 6) is 0. The summed E-state index contributed by atoms with van der Waals surface area (Å²) >= 11 is 0. The van der Waals surface area contributed by atoms with Gasteiger partial charge in [0.1, 0.15) is 12.9 Å². The lowest BCUT2D eigenvalue weighted by molar-refractivity contribution is -0.112. The minimum Gasteiger partial charge on any atom is -0.379 e. The van der Waals surface area contributed by atoms with Gasteiger partial charge in [-0.05, 0) is 0 Å². The third kappa shape index (κ3) is 10.2. The molecule has 0 bridgehead atoms. The van der Waals surface area contributed by atoms with Crippen molar-refractivity contribution >= 4 is 6.29 Å². The minimum atomic E-state index is -0.106. The number of hydrogen-bond acceptors (Lipinski definition) is 7. The van der Waals surface area contributed by atoms with E-state index in [9.17, 15) is 4.79 Å². The quantitative estimate of drug-likeness (QED) is 0.330. The second-order valence-electron chi connectivity index (χ2n) is 4.04. The summed E-state index contributed by atoms with van der Waals surface area (Å²) in [6.45, 7) is 5.09. The van der Waals surface area contributed by atoms with Crippen LogP contribution < -0.4 is 0 Å². The van der Waals surface area contributed by atoms with E-state index in [0.29, 0.717) is 65.7 Å². The Kier molecular flexibility index (Phi) is 11.7. The minimum absolute atomic E-state index is 0.106. The van der Waals surface area contributed by atoms with Crippen molar-refractivity contribution in [1.29, 1.82) is 0 Å². The molecule has 1 aliphatic heterocycles. The summed E-state index contributed by atoms with van der Waals surface area (Å²) in [5, 5.41) is 0. The molecule has 1 rings (SSSR count). The number of carbonyl (C=O) groups excluding carboxylic acids is 1. The number of hydrogen-bond donors (Lipinski definition) is 0. The van der Waals surface area contributed by atoms with E-state index in [1.165, 1.54) is 0 Å². The standard InChI is InChI=1S/C13H24O7/c14-2-4-16-6-8-18-10-9-17-7-5-15-3-1-13-19-11-12-20-13/h2,13H,1,3-12H2. The fourth-order valence-electron chi connectivity index (χ4n) is 1.54. The molecule has 0 aliphatic carbocycles. The molecule has 1 aliphatic rings. The van der Waals surface area contributed by atoms with E-state index in [4.69, 9.17) is 28.4 Å². The third-order valence-corrected chi connectivity index (χ3v) is 2.49. The van der Waals surface area contributed by atoms with E-state index in [-0.39, 0.29) is 12.9 Å². The lowest BCUT2D eigenvalue weighted by Gasteiger charge is -2.09. The Morgan fingerprint density at radius 3 is 1.85 bits per heavy atom. The summed E-state index contributed by atoms with van der Waals surface area (Å²) in [7, 11) is 0. The molecule has 118 valence electrons. The molecular formula is C13H24O7. The Hall–Kier alpha value is -0.570. The van der Waals surface area contributed by atoms with Crippen LogP contribution in [0.2, 0.25) is 0 Å². The van der Waals surface area contributed by atoms with E-state index >= 15 is 0 Å². The van der Waals surface area contributed by atoms with Crippen LogP contribution in [-0.4, -0.2) is 78.6 Å². The van der Waals surface area contributed by atoms with Crippen molar-refractivity contribution in [1.82, 2.24) is 0 Å². The Balaban J connectivity index is 1.67. The monoisotopic (exact) mass is 292 g/mol. The molecule has 0 saturated carbocycles. The summed E-state index contributed by atoms with van der Waals surface area (Å²) in [6, 6.07) is 0. The van der Waals surface area contributed by atoms with Gasteiger partial charge in [-0.1, -0.05) is 0 Å². The number of ether oxygens (including phenoxy) is 6. The van der Waals surface area contributed by atoms with E-state index < -0.39 is 0 Å². The molecule has 20 heavy (non-hydrogen) atoms. The van der Waals surface area contributed by atoms with Crippen LogP contribution in [0.5, 0.6) is 0 Å². The molecule has 0 atom stereocenters. The van der Waals surface area contributed by atoms with Crippen molar-refractivity contribution in [3.05, 3.63) is 0 Å². The zero-order chi connectivity index (χ0) is 14.3. The van der Waals surface area contributed by atoms with Crippen molar-refractivity contribution in [3.63, 3.8) is 0 Å². The fourth-order valence-corrected chi connectivity index (χ4v) is 1.54. The predicted octanol–water partition coefficient (Wildman–Crippen LogP) is 0.0147. The molecule has 0 aromatic carbocycles. The molecule has 1 heterocycles. The van der Waals surface area contributed by atoms with Gasteiger partial charge in [-0.2, -0.15) is 0 Å². The second-order valence-corrected chi connectivity index (χ2v) is 4.04. The molecule has 0 spiro atoms. The maximum absolute atomic E-state index is 9.95. The average Bonchev–Trinajstić information content (AvgIpc) is 2.97. The Morgan fingerprint density at radius 2 is 1.30 bits per heavy atom. The smallest absolute Gasteiger partial charge is 0.160 e. The van der Waals surface area contributed by atoms with Gasteiger partial charge in [-0.25, -0.2) is 0 Å². The molecule has 0 aromatic heterocycles. The first-order valence-corrected chi connectivity index (χ1v) is 6.91. The lowest BCUT2D eigenvalue weighted by Crippen LogP contribution is -2.14. The van der Waals surface area contributed by atoms with Crippen LogP contribution in [0, 0.1) is 0 Å². The van der Waals surface area contributed by atoms with Crippen LogP contribution in [-0.2, 0) is 33.2 Å². The van der Waals surface area contributed by atoms with Gasteiger partial charge in [0.05, 0.1) is 59.5 Å². The number of carbonyl (C=O) groups is 1.